The molecule has 2 N–H and O–H groups in total. The van der Waals surface area contributed by atoms with E-state index in [1.807, 2.05) is 6.92 Å². The molecule has 3 rings (SSSR count). The van der Waals surface area contributed by atoms with Gasteiger partial charge in [0.05, 0.1) is 17.8 Å². The van der Waals surface area contributed by atoms with Crippen molar-refractivity contribution in [2.75, 3.05) is 11.5 Å². The van der Waals surface area contributed by atoms with Crippen LogP contribution in [0.3, 0.4) is 0 Å². The van der Waals surface area contributed by atoms with Crippen LogP contribution in [0.25, 0.3) is 5.69 Å². The lowest BCUT2D eigenvalue weighted by Crippen LogP contribution is -2.56. The Labute approximate surface area is 161 Å². The molecule has 8 heteroatoms. The van der Waals surface area contributed by atoms with Gasteiger partial charge in [0.15, 0.2) is 0 Å². The Morgan fingerprint density at radius 3 is 2.48 bits per heavy atom. The van der Waals surface area contributed by atoms with Crippen molar-refractivity contribution in [1.29, 1.82) is 0 Å². The maximum absolute atomic E-state index is 13.2. The number of aromatic nitrogens is 2. The normalized spacial score (nSPS) is 16.1. The Balaban J connectivity index is 1.80. The number of amides is 1. The molecule has 1 saturated heterocycles. The fourth-order valence-corrected chi connectivity index (χ4v) is 4.54. The van der Waals surface area contributed by atoms with Crippen LogP contribution in [0.4, 0.5) is 4.39 Å². The molecule has 1 aromatic carbocycles. The fourth-order valence-electron chi connectivity index (χ4n) is 3.35. The van der Waals surface area contributed by atoms with E-state index in [4.69, 9.17) is 0 Å². The Kier molecular flexibility index (Phi) is 5.55. The van der Waals surface area contributed by atoms with E-state index in [1.54, 1.807) is 35.5 Å². The summed E-state index contributed by atoms with van der Waals surface area (Å²) in [6.07, 6.45) is 0.901. The molecule has 1 aromatic heterocycles. The van der Waals surface area contributed by atoms with Crippen LogP contribution in [0.2, 0.25) is 0 Å². The van der Waals surface area contributed by atoms with Crippen LogP contribution in [-0.2, 0) is 16.0 Å². The van der Waals surface area contributed by atoms with Crippen molar-refractivity contribution >= 4 is 23.6 Å². The number of carboxylic acid groups (broad SMARTS) is 1. The summed E-state index contributed by atoms with van der Waals surface area (Å²) >= 11 is 1.70. The smallest absolute Gasteiger partial charge is 0.329 e. The summed E-state index contributed by atoms with van der Waals surface area (Å²) in [5.41, 5.74) is 1.74. The topological polar surface area (TPSA) is 84.2 Å². The van der Waals surface area contributed by atoms with Crippen molar-refractivity contribution in [3.8, 4) is 5.69 Å². The van der Waals surface area contributed by atoms with Crippen molar-refractivity contribution in [3.63, 3.8) is 0 Å². The largest absolute Gasteiger partial charge is 0.480 e. The number of halogens is 1. The molecule has 0 unspecified atom stereocenters. The summed E-state index contributed by atoms with van der Waals surface area (Å²) in [6, 6.07) is 5.96. The molecule has 1 aliphatic rings. The molecule has 2 heterocycles. The first-order chi connectivity index (χ1) is 12.8. The number of aryl methyl sites for hydroxylation is 1. The highest BCUT2D eigenvalue weighted by atomic mass is 32.2. The molecule has 1 fully saturated rings. The van der Waals surface area contributed by atoms with E-state index in [1.165, 1.54) is 12.1 Å². The molecule has 144 valence electrons. The van der Waals surface area contributed by atoms with Crippen LogP contribution in [0, 0.1) is 19.7 Å². The highest BCUT2D eigenvalue weighted by Crippen LogP contribution is 2.28. The minimum Gasteiger partial charge on any atom is -0.480 e. The summed E-state index contributed by atoms with van der Waals surface area (Å²) in [6.45, 7) is 3.65. The van der Waals surface area contributed by atoms with E-state index >= 15 is 0 Å². The third kappa shape index (κ3) is 4.00. The first kappa shape index (κ1) is 19.4. The maximum Gasteiger partial charge on any atom is 0.329 e. The molecule has 0 spiro atoms. The molecule has 1 amide bonds. The third-order valence-electron chi connectivity index (χ3n) is 4.98. The van der Waals surface area contributed by atoms with Crippen molar-refractivity contribution in [2.24, 2.45) is 0 Å². The number of nitrogens with zero attached hydrogens (tertiary/aromatic N) is 2. The average Bonchev–Trinajstić information content (AvgIpc) is 2.91. The second-order valence-corrected chi connectivity index (χ2v) is 7.99. The Bertz CT molecular complexity index is 858. The van der Waals surface area contributed by atoms with Crippen molar-refractivity contribution in [3.05, 3.63) is 47.0 Å². The van der Waals surface area contributed by atoms with Gasteiger partial charge >= 0.3 is 5.97 Å². The molecule has 2 aromatic rings. The molecule has 0 aliphatic carbocycles. The summed E-state index contributed by atoms with van der Waals surface area (Å²) in [4.78, 5) is 24.4. The van der Waals surface area contributed by atoms with Gasteiger partial charge in [0.2, 0.25) is 5.91 Å². The Morgan fingerprint density at radius 2 is 1.89 bits per heavy atom. The van der Waals surface area contributed by atoms with Gasteiger partial charge in [-0.1, -0.05) is 0 Å². The number of carbonyl (C=O) groups is 2. The summed E-state index contributed by atoms with van der Waals surface area (Å²) in [7, 11) is 0. The number of carbonyl (C=O) groups excluding carboxylic acids is 1. The minimum absolute atomic E-state index is 0.0566. The van der Waals surface area contributed by atoms with Crippen molar-refractivity contribution in [1.82, 2.24) is 15.1 Å². The van der Waals surface area contributed by atoms with Crippen LogP contribution in [-0.4, -0.2) is 43.8 Å². The molecule has 0 saturated carbocycles. The zero-order valence-electron chi connectivity index (χ0n) is 15.3. The van der Waals surface area contributed by atoms with Gasteiger partial charge in [-0.05, 0) is 62.5 Å². The summed E-state index contributed by atoms with van der Waals surface area (Å²) < 4.78 is 14.8. The number of aliphatic carboxylic acids is 1. The minimum atomic E-state index is -1.18. The second-order valence-electron chi connectivity index (χ2n) is 6.76. The lowest BCUT2D eigenvalue weighted by molar-refractivity contribution is -0.148. The first-order valence-corrected chi connectivity index (χ1v) is 9.91. The van der Waals surface area contributed by atoms with Crippen LogP contribution in [0.15, 0.2) is 24.3 Å². The van der Waals surface area contributed by atoms with Crippen molar-refractivity contribution in [2.45, 2.75) is 38.6 Å². The van der Waals surface area contributed by atoms with Gasteiger partial charge in [0, 0.05) is 11.3 Å². The lowest BCUT2D eigenvalue weighted by atomic mass is 9.92. The van der Waals surface area contributed by atoms with Crippen molar-refractivity contribution < 1.29 is 19.1 Å². The highest BCUT2D eigenvalue weighted by Gasteiger charge is 2.41. The third-order valence-corrected chi connectivity index (χ3v) is 5.97. The number of nitrogens with one attached hydrogen (secondary N) is 1. The van der Waals surface area contributed by atoms with Gasteiger partial charge < -0.3 is 10.4 Å². The number of rotatable bonds is 5. The lowest BCUT2D eigenvalue weighted by Gasteiger charge is -2.33. The van der Waals surface area contributed by atoms with E-state index < -0.39 is 11.5 Å². The molecule has 1 aliphatic heterocycles. The summed E-state index contributed by atoms with van der Waals surface area (Å²) in [5.74, 6) is -0.203. The van der Waals surface area contributed by atoms with Crippen LogP contribution < -0.4 is 5.32 Å². The Morgan fingerprint density at radius 1 is 1.26 bits per heavy atom. The number of hydrogen-bond acceptors (Lipinski definition) is 4. The van der Waals surface area contributed by atoms with E-state index in [9.17, 15) is 19.1 Å². The number of hydrogen-bond donors (Lipinski definition) is 2. The number of thioether (sulfide) groups is 1. The molecule has 27 heavy (non-hydrogen) atoms. The fraction of sp³-hybridized carbons (Fsp3) is 0.421. The molecule has 0 bridgehead atoms. The number of carboxylic acids is 1. The van der Waals surface area contributed by atoms with Gasteiger partial charge in [-0.25, -0.2) is 13.9 Å². The zero-order valence-corrected chi connectivity index (χ0v) is 16.1. The standard InChI is InChI=1S/C19H22FN3O3S/c1-12-16(13(2)23(22-12)15-5-3-14(20)4-6-15)11-17(24)21-19(18(25)26)7-9-27-10-8-19/h3-6H,7-11H2,1-2H3,(H,21,24)(H,25,26). The Hall–Kier alpha value is -2.35. The van der Waals surface area contributed by atoms with Crippen LogP contribution >= 0.6 is 11.8 Å². The quantitative estimate of drug-likeness (QED) is 0.819. The predicted molar refractivity (Wildman–Crippen MR) is 102 cm³/mol. The molecular formula is C19H22FN3O3S. The SMILES string of the molecule is Cc1nn(-c2ccc(F)cc2)c(C)c1CC(=O)NC1(C(=O)O)CCSCC1. The van der Waals surface area contributed by atoms with E-state index in [0.29, 0.717) is 35.7 Å². The van der Waals surface area contributed by atoms with Crippen LogP contribution in [0.5, 0.6) is 0 Å². The molecule has 0 atom stereocenters. The molecule has 6 nitrogen and oxygen atoms in total. The van der Waals surface area contributed by atoms with Gasteiger partial charge in [-0.3, -0.25) is 4.79 Å². The number of benzene rings is 1. The predicted octanol–water partition coefficient (Wildman–Crippen LogP) is 2.64. The molecule has 0 radical (unpaired) electrons. The van der Waals surface area contributed by atoms with Gasteiger partial charge in [-0.15, -0.1) is 0 Å². The zero-order chi connectivity index (χ0) is 19.6. The summed E-state index contributed by atoms with van der Waals surface area (Å²) in [5, 5.41) is 16.8. The van der Waals surface area contributed by atoms with Gasteiger partial charge in [0.25, 0.3) is 0 Å². The highest BCUT2D eigenvalue weighted by molar-refractivity contribution is 7.99. The second kappa shape index (κ2) is 7.72. The first-order valence-electron chi connectivity index (χ1n) is 8.75. The van der Waals surface area contributed by atoms with Gasteiger partial charge in [-0.2, -0.15) is 16.9 Å². The van der Waals surface area contributed by atoms with E-state index in [2.05, 4.69) is 10.4 Å². The molecular weight excluding hydrogens is 369 g/mol. The monoisotopic (exact) mass is 391 g/mol. The van der Waals surface area contributed by atoms with Gasteiger partial charge in [0.1, 0.15) is 11.4 Å². The van der Waals surface area contributed by atoms with Crippen LogP contribution in [0.1, 0.15) is 29.8 Å². The van der Waals surface area contributed by atoms with E-state index in [0.717, 1.165) is 11.3 Å². The average molecular weight is 391 g/mol. The van der Waals surface area contributed by atoms with E-state index in [-0.39, 0.29) is 18.1 Å². The maximum atomic E-state index is 13.2.